The quantitative estimate of drug-likeness (QED) is 0.435. The Morgan fingerprint density at radius 2 is 2.04 bits per heavy atom. The molecule has 144 valence electrons. The molecule has 28 heavy (non-hydrogen) atoms. The molecule has 0 radical (unpaired) electrons. The van der Waals surface area contributed by atoms with E-state index in [-0.39, 0.29) is 10.6 Å². The zero-order valence-corrected chi connectivity index (χ0v) is 15.7. The number of furan rings is 1. The predicted molar refractivity (Wildman–Crippen MR) is 106 cm³/mol. The third-order valence-corrected chi connectivity index (χ3v) is 5.23. The Morgan fingerprint density at radius 1 is 1.18 bits per heavy atom. The van der Waals surface area contributed by atoms with Gasteiger partial charge in [-0.15, -0.1) is 0 Å². The van der Waals surface area contributed by atoms with Gasteiger partial charge in [0.2, 0.25) is 0 Å². The second kappa shape index (κ2) is 7.86. The van der Waals surface area contributed by atoms with Crippen molar-refractivity contribution < 1.29 is 14.1 Å². The topological polar surface area (TPSA) is 68.8 Å². The fourth-order valence-corrected chi connectivity index (χ4v) is 3.89. The Labute approximate surface area is 163 Å². The van der Waals surface area contributed by atoms with E-state index in [1.165, 1.54) is 11.6 Å². The van der Waals surface area contributed by atoms with Crippen molar-refractivity contribution in [3.63, 3.8) is 0 Å². The van der Waals surface area contributed by atoms with Crippen LogP contribution in [0, 0.1) is 10.1 Å². The lowest BCUT2D eigenvalue weighted by atomic mass is 10.0. The molecule has 3 aromatic rings. The molecule has 0 N–H and O–H groups in total. The molecule has 0 amide bonds. The Balaban J connectivity index is 1.54. The van der Waals surface area contributed by atoms with E-state index in [4.69, 9.17) is 9.15 Å². The molecule has 1 atom stereocenters. The second-order valence-corrected chi connectivity index (χ2v) is 6.95. The second-order valence-electron chi connectivity index (χ2n) is 6.95. The summed E-state index contributed by atoms with van der Waals surface area (Å²) in [5, 5.41) is 11.3. The highest BCUT2D eigenvalue weighted by atomic mass is 16.6. The van der Waals surface area contributed by atoms with Gasteiger partial charge in [0.25, 0.3) is 5.69 Å². The van der Waals surface area contributed by atoms with E-state index in [9.17, 15) is 10.1 Å². The van der Waals surface area contributed by atoms with Crippen LogP contribution in [-0.2, 0) is 6.54 Å². The fraction of sp³-hybridized carbons (Fsp3) is 0.273. The van der Waals surface area contributed by atoms with Crippen LogP contribution in [0.5, 0.6) is 5.75 Å². The maximum absolute atomic E-state index is 11.3. The first-order chi connectivity index (χ1) is 13.7. The number of ether oxygens (including phenoxy) is 1. The first-order valence-corrected chi connectivity index (χ1v) is 9.36. The highest BCUT2D eigenvalue weighted by Gasteiger charge is 2.27. The Kier molecular flexibility index (Phi) is 5.12. The molecular weight excluding hydrogens is 356 g/mol. The predicted octanol–water partition coefficient (Wildman–Crippen LogP) is 5.20. The minimum atomic E-state index is -0.378. The summed E-state index contributed by atoms with van der Waals surface area (Å²) in [5.41, 5.74) is 1.80. The van der Waals surface area contributed by atoms with Gasteiger partial charge in [-0.2, -0.15) is 0 Å². The maximum Gasteiger partial charge on any atom is 0.280 e. The minimum Gasteiger partial charge on any atom is -0.497 e. The first kappa shape index (κ1) is 18.3. The number of rotatable bonds is 6. The van der Waals surface area contributed by atoms with E-state index in [1.807, 2.05) is 24.3 Å². The monoisotopic (exact) mass is 378 g/mol. The molecule has 6 nitrogen and oxygen atoms in total. The first-order valence-electron chi connectivity index (χ1n) is 9.36. The highest BCUT2D eigenvalue weighted by Crippen LogP contribution is 2.36. The summed E-state index contributed by atoms with van der Waals surface area (Å²) >= 11 is 0. The lowest BCUT2D eigenvalue weighted by molar-refractivity contribution is -0.384. The molecule has 0 bridgehead atoms. The van der Waals surface area contributed by atoms with Crippen LogP contribution >= 0.6 is 0 Å². The highest BCUT2D eigenvalue weighted by molar-refractivity contribution is 5.69. The molecule has 1 fully saturated rings. The van der Waals surface area contributed by atoms with E-state index in [0.29, 0.717) is 23.9 Å². The third kappa shape index (κ3) is 3.64. The standard InChI is InChI=1S/C22H22N2O4/c1-27-17-7-4-6-16(14-17)20-10-5-13-23(20)15-18-11-12-22(28-18)19-8-2-3-9-21(19)24(25)26/h2-4,6-9,11-12,14,20H,5,10,13,15H2,1H3. The molecule has 2 aromatic carbocycles. The van der Waals surface area contributed by atoms with Crippen molar-refractivity contribution >= 4 is 5.69 Å². The zero-order valence-electron chi connectivity index (χ0n) is 15.7. The average Bonchev–Trinajstić information content (AvgIpc) is 3.38. The van der Waals surface area contributed by atoms with Crippen LogP contribution in [0.1, 0.15) is 30.2 Å². The van der Waals surface area contributed by atoms with Gasteiger partial charge in [0.05, 0.1) is 24.1 Å². The van der Waals surface area contributed by atoms with Crippen molar-refractivity contribution in [2.45, 2.75) is 25.4 Å². The summed E-state index contributed by atoms with van der Waals surface area (Å²) in [6.45, 7) is 1.66. The molecule has 1 aliphatic rings. The number of hydrogen-bond acceptors (Lipinski definition) is 5. The lowest BCUT2D eigenvalue weighted by Gasteiger charge is -2.24. The maximum atomic E-state index is 11.3. The van der Waals surface area contributed by atoms with Crippen LogP contribution in [0.3, 0.4) is 0 Å². The van der Waals surface area contributed by atoms with Crippen molar-refractivity contribution in [2.24, 2.45) is 0 Å². The number of benzene rings is 2. The SMILES string of the molecule is COc1cccc(C2CCCN2Cc2ccc(-c3ccccc3[N+](=O)[O-])o2)c1. The molecule has 1 saturated heterocycles. The number of nitro benzene ring substituents is 1. The van der Waals surface area contributed by atoms with Crippen molar-refractivity contribution in [1.82, 2.24) is 4.90 Å². The van der Waals surface area contributed by atoms with E-state index in [2.05, 4.69) is 17.0 Å². The van der Waals surface area contributed by atoms with Gasteiger partial charge in [-0.3, -0.25) is 15.0 Å². The average molecular weight is 378 g/mol. The summed E-state index contributed by atoms with van der Waals surface area (Å²) in [5.74, 6) is 2.20. The molecule has 0 saturated carbocycles. The van der Waals surface area contributed by atoms with Crippen LogP contribution in [0.15, 0.2) is 65.1 Å². The molecular formula is C22H22N2O4. The van der Waals surface area contributed by atoms with Crippen LogP contribution in [0.2, 0.25) is 0 Å². The summed E-state index contributed by atoms with van der Waals surface area (Å²) < 4.78 is 11.3. The smallest absolute Gasteiger partial charge is 0.280 e. The molecule has 6 heteroatoms. The zero-order chi connectivity index (χ0) is 19.5. The molecule has 0 aliphatic carbocycles. The summed E-state index contributed by atoms with van der Waals surface area (Å²) in [4.78, 5) is 13.3. The van der Waals surface area contributed by atoms with E-state index in [0.717, 1.165) is 30.9 Å². The molecule has 1 aliphatic heterocycles. The number of nitrogens with zero attached hydrogens (tertiary/aromatic N) is 2. The van der Waals surface area contributed by atoms with Crippen molar-refractivity contribution in [2.75, 3.05) is 13.7 Å². The van der Waals surface area contributed by atoms with Gasteiger partial charge in [0.1, 0.15) is 17.3 Å². The van der Waals surface area contributed by atoms with Crippen LogP contribution in [0.4, 0.5) is 5.69 Å². The van der Waals surface area contributed by atoms with Gasteiger partial charge >= 0.3 is 0 Å². The molecule has 1 unspecified atom stereocenters. The Bertz CT molecular complexity index is 982. The molecule has 0 spiro atoms. The summed E-state index contributed by atoms with van der Waals surface area (Å²) in [6, 6.07) is 18.9. The van der Waals surface area contributed by atoms with E-state index in [1.54, 1.807) is 25.3 Å². The van der Waals surface area contributed by atoms with Gasteiger partial charge in [-0.05, 0) is 55.3 Å². The molecule has 4 rings (SSSR count). The molecule has 1 aromatic heterocycles. The summed E-state index contributed by atoms with van der Waals surface area (Å²) in [7, 11) is 1.68. The van der Waals surface area contributed by atoms with Crippen molar-refractivity contribution in [1.29, 1.82) is 0 Å². The van der Waals surface area contributed by atoms with Gasteiger partial charge in [0.15, 0.2) is 0 Å². The van der Waals surface area contributed by atoms with Gasteiger partial charge in [0, 0.05) is 12.1 Å². The van der Waals surface area contributed by atoms with E-state index >= 15 is 0 Å². The van der Waals surface area contributed by atoms with Crippen molar-refractivity contribution in [3.8, 4) is 17.1 Å². The number of nitro groups is 1. The summed E-state index contributed by atoms with van der Waals surface area (Å²) in [6.07, 6.45) is 2.21. The lowest BCUT2D eigenvalue weighted by Crippen LogP contribution is -2.22. The Hall–Kier alpha value is -3.12. The number of para-hydroxylation sites is 1. The largest absolute Gasteiger partial charge is 0.497 e. The van der Waals surface area contributed by atoms with Gasteiger partial charge in [-0.1, -0.05) is 24.3 Å². The van der Waals surface area contributed by atoms with Gasteiger partial charge in [-0.25, -0.2) is 0 Å². The molecule has 2 heterocycles. The van der Waals surface area contributed by atoms with Crippen LogP contribution in [0.25, 0.3) is 11.3 Å². The van der Waals surface area contributed by atoms with Crippen LogP contribution < -0.4 is 4.74 Å². The Morgan fingerprint density at radius 3 is 2.86 bits per heavy atom. The van der Waals surface area contributed by atoms with Crippen LogP contribution in [-0.4, -0.2) is 23.5 Å². The third-order valence-electron chi connectivity index (χ3n) is 5.23. The van der Waals surface area contributed by atoms with Crippen molar-refractivity contribution in [3.05, 3.63) is 82.1 Å². The normalized spacial score (nSPS) is 17.0. The number of methoxy groups -OCH3 is 1. The van der Waals surface area contributed by atoms with Gasteiger partial charge < -0.3 is 9.15 Å². The number of likely N-dealkylation sites (tertiary alicyclic amines) is 1. The minimum absolute atomic E-state index is 0.0545. The van der Waals surface area contributed by atoms with E-state index < -0.39 is 0 Å². The number of hydrogen-bond donors (Lipinski definition) is 0. The fourth-order valence-electron chi connectivity index (χ4n) is 3.89.